The first kappa shape index (κ1) is 18.4. The Kier molecular flexibility index (Phi) is 4.63. The molecule has 0 aliphatic heterocycles. The Bertz CT molecular complexity index is 1040. The molecule has 0 N–H and O–H groups in total. The highest BCUT2D eigenvalue weighted by Gasteiger charge is 2.59. The molecule has 0 radical (unpaired) electrons. The second-order valence-electron chi connectivity index (χ2n) is 8.06. The number of carbonyl (C=O) groups is 1. The summed E-state index contributed by atoms with van der Waals surface area (Å²) in [5.41, 5.74) is 1.84. The van der Waals surface area contributed by atoms with E-state index in [9.17, 15) is 4.79 Å². The van der Waals surface area contributed by atoms with E-state index < -0.39 is 0 Å². The SMILES string of the molecule is CN(C(=O)Cc1ccc(Cl)cc1)[C@H]1[C@@H]2C[C@@H](Oc3cnnc4ccccc34)C[C@@H]21. The van der Waals surface area contributed by atoms with Crippen molar-refractivity contribution in [1.82, 2.24) is 15.1 Å². The maximum absolute atomic E-state index is 12.7. The number of amides is 1. The van der Waals surface area contributed by atoms with E-state index in [0.717, 1.165) is 35.1 Å². The van der Waals surface area contributed by atoms with Crippen LogP contribution in [0.1, 0.15) is 18.4 Å². The van der Waals surface area contributed by atoms with Crippen molar-refractivity contribution in [1.29, 1.82) is 0 Å². The van der Waals surface area contributed by atoms with Crippen molar-refractivity contribution >= 4 is 28.4 Å². The van der Waals surface area contributed by atoms with Crippen LogP contribution in [0.4, 0.5) is 0 Å². The van der Waals surface area contributed by atoms with E-state index in [2.05, 4.69) is 10.2 Å². The number of halogens is 1. The molecule has 3 aromatic rings. The first-order valence-electron chi connectivity index (χ1n) is 9.97. The van der Waals surface area contributed by atoms with E-state index in [-0.39, 0.29) is 12.0 Å². The predicted molar refractivity (Wildman–Crippen MR) is 112 cm³/mol. The molecule has 5 rings (SSSR count). The van der Waals surface area contributed by atoms with Gasteiger partial charge in [0.25, 0.3) is 0 Å². The Hall–Kier alpha value is -2.66. The zero-order chi connectivity index (χ0) is 20.0. The smallest absolute Gasteiger partial charge is 0.227 e. The molecule has 1 aromatic heterocycles. The van der Waals surface area contributed by atoms with E-state index >= 15 is 0 Å². The highest BCUT2D eigenvalue weighted by Crippen LogP contribution is 2.55. The molecular weight excluding hydrogens is 386 g/mol. The maximum Gasteiger partial charge on any atom is 0.227 e. The van der Waals surface area contributed by atoms with Crippen molar-refractivity contribution in [3.8, 4) is 5.75 Å². The minimum atomic E-state index is 0.161. The highest BCUT2D eigenvalue weighted by atomic mass is 35.5. The summed E-state index contributed by atoms with van der Waals surface area (Å²) in [5.74, 6) is 2.01. The lowest BCUT2D eigenvalue weighted by Crippen LogP contribution is -2.34. The van der Waals surface area contributed by atoms with Crippen LogP contribution in [-0.4, -0.2) is 40.2 Å². The molecule has 1 amide bonds. The number of rotatable bonds is 5. The van der Waals surface area contributed by atoms with Gasteiger partial charge in [0.05, 0.1) is 24.2 Å². The molecule has 2 fully saturated rings. The fourth-order valence-electron chi connectivity index (χ4n) is 4.75. The number of nitrogens with zero attached hydrogens (tertiary/aromatic N) is 3. The fourth-order valence-corrected chi connectivity index (χ4v) is 4.88. The predicted octanol–water partition coefficient (Wildman–Crippen LogP) is 4.14. The number of hydrogen-bond donors (Lipinski definition) is 0. The number of hydrogen-bond acceptors (Lipinski definition) is 4. The summed E-state index contributed by atoms with van der Waals surface area (Å²) in [5, 5.41) is 9.90. The Morgan fingerprint density at radius 3 is 2.62 bits per heavy atom. The molecule has 5 nitrogen and oxygen atoms in total. The Morgan fingerprint density at radius 2 is 1.86 bits per heavy atom. The van der Waals surface area contributed by atoms with Crippen LogP contribution in [-0.2, 0) is 11.2 Å². The van der Waals surface area contributed by atoms with Gasteiger partial charge in [-0.05, 0) is 54.5 Å². The van der Waals surface area contributed by atoms with Crippen LogP contribution in [0.15, 0.2) is 54.7 Å². The van der Waals surface area contributed by atoms with Crippen LogP contribution in [0.2, 0.25) is 5.02 Å². The lowest BCUT2D eigenvalue weighted by Gasteiger charge is -2.23. The first-order chi connectivity index (χ1) is 14.1. The van der Waals surface area contributed by atoms with Crippen LogP contribution in [0.25, 0.3) is 10.9 Å². The monoisotopic (exact) mass is 407 g/mol. The van der Waals surface area contributed by atoms with E-state index in [1.165, 1.54) is 0 Å². The standard InChI is InChI=1S/C23H22ClN3O2/c1-27(22(28)10-14-6-8-15(24)9-7-14)23-18-11-16(12-19(18)23)29-21-13-25-26-20-5-3-2-4-17(20)21/h2-9,13,16,18-19,23H,10-12H2,1H3/t16-,18-,19+,23+. The van der Waals surface area contributed by atoms with Gasteiger partial charge in [-0.1, -0.05) is 35.9 Å². The Morgan fingerprint density at radius 1 is 1.14 bits per heavy atom. The van der Waals surface area contributed by atoms with E-state index in [4.69, 9.17) is 16.3 Å². The van der Waals surface area contributed by atoms with Crippen molar-refractivity contribution in [2.75, 3.05) is 7.05 Å². The van der Waals surface area contributed by atoms with Crippen LogP contribution in [0.3, 0.4) is 0 Å². The highest BCUT2D eigenvalue weighted by molar-refractivity contribution is 6.30. The summed E-state index contributed by atoms with van der Waals surface area (Å²) in [6.45, 7) is 0. The molecule has 29 heavy (non-hydrogen) atoms. The van der Waals surface area contributed by atoms with Gasteiger partial charge in [0.2, 0.25) is 5.91 Å². The van der Waals surface area contributed by atoms with Crippen molar-refractivity contribution in [2.45, 2.75) is 31.4 Å². The molecule has 2 saturated carbocycles. The van der Waals surface area contributed by atoms with E-state index in [1.807, 2.05) is 60.5 Å². The molecule has 2 aliphatic rings. The number of carbonyl (C=O) groups excluding carboxylic acids is 1. The van der Waals surface area contributed by atoms with Gasteiger partial charge in [0, 0.05) is 23.5 Å². The van der Waals surface area contributed by atoms with Crippen molar-refractivity contribution < 1.29 is 9.53 Å². The summed E-state index contributed by atoms with van der Waals surface area (Å²) in [6.07, 6.45) is 4.24. The van der Waals surface area contributed by atoms with Crippen LogP contribution in [0, 0.1) is 11.8 Å². The molecule has 0 saturated heterocycles. The molecule has 6 heteroatoms. The maximum atomic E-state index is 12.7. The van der Waals surface area contributed by atoms with Gasteiger partial charge in [-0.2, -0.15) is 10.2 Å². The molecule has 0 unspecified atom stereocenters. The molecule has 148 valence electrons. The minimum Gasteiger partial charge on any atom is -0.488 e. The average Bonchev–Trinajstić information content (AvgIpc) is 3.24. The van der Waals surface area contributed by atoms with Crippen molar-refractivity contribution in [3.63, 3.8) is 0 Å². The number of aromatic nitrogens is 2. The zero-order valence-electron chi connectivity index (χ0n) is 16.2. The van der Waals surface area contributed by atoms with Crippen molar-refractivity contribution in [3.05, 3.63) is 65.3 Å². The van der Waals surface area contributed by atoms with Gasteiger partial charge in [-0.25, -0.2) is 0 Å². The summed E-state index contributed by atoms with van der Waals surface area (Å²) in [7, 11) is 1.93. The van der Waals surface area contributed by atoms with Gasteiger partial charge in [-0.15, -0.1) is 0 Å². The zero-order valence-corrected chi connectivity index (χ0v) is 16.9. The Labute approximate surface area is 174 Å². The summed E-state index contributed by atoms with van der Waals surface area (Å²) < 4.78 is 6.27. The molecule has 2 aliphatic carbocycles. The van der Waals surface area contributed by atoms with Crippen molar-refractivity contribution in [2.24, 2.45) is 11.8 Å². The lowest BCUT2D eigenvalue weighted by atomic mass is 10.1. The minimum absolute atomic E-state index is 0.161. The molecule has 4 atom stereocenters. The molecule has 1 heterocycles. The summed E-state index contributed by atoms with van der Waals surface area (Å²) in [4.78, 5) is 14.6. The van der Waals surface area contributed by atoms with Gasteiger partial charge < -0.3 is 9.64 Å². The molecular formula is C23H22ClN3O2. The summed E-state index contributed by atoms with van der Waals surface area (Å²) in [6, 6.07) is 15.7. The normalized spacial score (nSPS) is 24.9. The largest absolute Gasteiger partial charge is 0.488 e. The van der Waals surface area contributed by atoms with Crippen LogP contribution in [0.5, 0.6) is 5.75 Å². The Balaban J connectivity index is 1.18. The second kappa shape index (κ2) is 7.30. The average molecular weight is 408 g/mol. The third-order valence-electron chi connectivity index (χ3n) is 6.27. The third kappa shape index (κ3) is 3.55. The van der Waals surface area contributed by atoms with Crippen LogP contribution < -0.4 is 4.74 Å². The van der Waals surface area contributed by atoms with Gasteiger partial charge in [0.15, 0.2) is 0 Å². The number of benzene rings is 2. The van der Waals surface area contributed by atoms with Crippen LogP contribution >= 0.6 is 11.6 Å². The lowest BCUT2D eigenvalue weighted by molar-refractivity contribution is -0.130. The van der Waals surface area contributed by atoms with E-state index in [1.54, 1.807) is 6.20 Å². The fraction of sp³-hybridized carbons (Fsp3) is 0.348. The number of fused-ring (bicyclic) bond motifs is 2. The molecule has 2 aromatic carbocycles. The molecule has 0 bridgehead atoms. The van der Waals surface area contributed by atoms with Gasteiger partial charge >= 0.3 is 0 Å². The summed E-state index contributed by atoms with van der Waals surface area (Å²) >= 11 is 5.93. The van der Waals surface area contributed by atoms with Gasteiger partial charge in [-0.3, -0.25) is 4.79 Å². The third-order valence-corrected chi connectivity index (χ3v) is 6.52. The number of ether oxygens (including phenoxy) is 1. The van der Waals surface area contributed by atoms with E-state index in [0.29, 0.717) is 29.3 Å². The second-order valence-corrected chi connectivity index (χ2v) is 8.50. The molecule has 0 spiro atoms. The quantitative estimate of drug-likeness (QED) is 0.637. The van der Waals surface area contributed by atoms with Gasteiger partial charge in [0.1, 0.15) is 5.75 Å². The first-order valence-corrected chi connectivity index (χ1v) is 10.3. The topological polar surface area (TPSA) is 55.3 Å². The number of likely N-dealkylation sites (N-methyl/N-ethyl adjacent to an activating group) is 1.